The van der Waals surface area contributed by atoms with Gasteiger partial charge in [0.15, 0.2) is 0 Å². The Kier molecular flexibility index (Phi) is 5.61. The second-order valence-electron chi connectivity index (χ2n) is 4.85. The van der Waals surface area contributed by atoms with Crippen LogP contribution in [0.3, 0.4) is 0 Å². The summed E-state index contributed by atoms with van der Waals surface area (Å²) >= 11 is 1.85. The third-order valence-electron chi connectivity index (χ3n) is 3.35. The van der Waals surface area contributed by atoms with E-state index in [4.69, 9.17) is 0 Å². The van der Waals surface area contributed by atoms with Crippen LogP contribution in [-0.2, 0) is 13.0 Å². The van der Waals surface area contributed by atoms with Crippen molar-refractivity contribution >= 4 is 11.3 Å². The summed E-state index contributed by atoms with van der Waals surface area (Å²) in [5, 5.41) is 9.97. The predicted octanol–water partition coefficient (Wildman–Crippen LogP) is 3.64. The van der Waals surface area contributed by atoms with Crippen LogP contribution in [0, 0.1) is 0 Å². The van der Waals surface area contributed by atoms with Gasteiger partial charge in [-0.1, -0.05) is 13.0 Å². The molecule has 0 radical (unpaired) electrons. The van der Waals surface area contributed by atoms with E-state index in [0.29, 0.717) is 6.04 Å². The van der Waals surface area contributed by atoms with Crippen LogP contribution in [0.25, 0.3) is 0 Å². The molecule has 2 rings (SSSR count). The van der Waals surface area contributed by atoms with Gasteiger partial charge in [-0.3, -0.25) is 4.68 Å². The number of nitrogens with zero attached hydrogens (tertiary/aromatic N) is 2. The Hall–Kier alpha value is -1.13. The summed E-state index contributed by atoms with van der Waals surface area (Å²) in [7, 11) is 2.03. The summed E-state index contributed by atoms with van der Waals surface area (Å²) in [5.74, 6) is 0. The fourth-order valence-electron chi connectivity index (χ4n) is 2.32. The Morgan fingerprint density at radius 1 is 1.47 bits per heavy atom. The van der Waals surface area contributed by atoms with Crippen LogP contribution >= 0.6 is 11.3 Å². The maximum atomic E-state index is 4.41. The van der Waals surface area contributed by atoms with Gasteiger partial charge in [-0.05, 0) is 44.2 Å². The zero-order valence-corrected chi connectivity index (χ0v) is 12.6. The molecule has 0 amide bonds. The van der Waals surface area contributed by atoms with Gasteiger partial charge in [0.25, 0.3) is 0 Å². The molecule has 4 heteroatoms. The van der Waals surface area contributed by atoms with E-state index in [2.05, 4.69) is 41.0 Å². The molecule has 0 spiro atoms. The van der Waals surface area contributed by atoms with Crippen molar-refractivity contribution in [3.63, 3.8) is 0 Å². The molecule has 1 N–H and O–H groups in total. The van der Waals surface area contributed by atoms with E-state index >= 15 is 0 Å². The lowest BCUT2D eigenvalue weighted by atomic mass is 10.0. The lowest BCUT2D eigenvalue weighted by Crippen LogP contribution is -2.16. The molecule has 0 aliphatic carbocycles. The van der Waals surface area contributed by atoms with E-state index in [1.807, 2.05) is 29.3 Å². The molecule has 1 atom stereocenters. The Morgan fingerprint density at radius 3 is 3.05 bits per heavy atom. The summed E-state index contributed by atoms with van der Waals surface area (Å²) in [6.07, 6.45) is 8.86. The highest BCUT2D eigenvalue weighted by atomic mass is 32.1. The predicted molar refractivity (Wildman–Crippen MR) is 81.6 cm³/mol. The number of nitrogens with one attached hydrogen (secondary N) is 1. The van der Waals surface area contributed by atoms with Crippen molar-refractivity contribution in [3.8, 4) is 0 Å². The van der Waals surface area contributed by atoms with Crippen LogP contribution < -0.4 is 5.32 Å². The van der Waals surface area contributed by atoms with Crippen molar-refractivity contribution in [1.82, 2.24) is 15.1 Å². The van der Waals surface area contributed by atoms with Crippen molar-refractivity contribution in [2.75, 3.05) is 7.05 Å². The molecule has 1 unspecified atom stereocenters. The first kappa shape index (κ1) is 14.3. The van der Waals surface area contributed by atoms with Gasteiger partial charge in [0.05, 0.1) is 6.20 Å². The fraction of sp³-hybridized carbons (Fsp3) is 0.533. The highest BCUT2D eigenvalue weighted by Crippen LogP contribution is 2.20. The summed E-state index contributed by atoms with van der Waals surface area (Å²) in [4.78, 5) is 1.48. The molecule has 104 valence electrons. The van der Waals surface area contributed by atoms with Crippen molar-refractivity contribution < 1.29 is 0 Å². The average Bonchev–Trinajstić information content (AvgIpc) is 3.06. The molecule has 0 aromatic carbocycles. The average molecular weight is 277 g/mol. The monoisotopic (exact) mass is 277 g/mol. The number of aryl methyl sites for hydroxylation is 2. The zero-order chi connectivity index (χ0) is 13.5. The second-order valence-corrected chi connectivity index (χ2v) is 5.88. The Labute approximate surface area is 119 Å². The minimum atomic E-state index is 0.422. The molecular formula is C15H23N3S. The number of thiophene rings is 1. The van der Waals surface area contributed by atoms with E-state index in [9.17, 15) is 0 Å². The highest BCUT2D eigenvalue weighted by molar-refractivity contribution is 7.09. The van der Waals surface area contributed by atoms with Gasteiger partial charge >= 0.3 is 0 Å². The van der Waals surface area contributed by atoms with Crippen LogP contribution in [-0.4, -0.2) is 16.8 Å². The van der Waals surface area contributed by atoms with Crippen molar-refractivity contribution in [2.24, 2.45) is 0 Å². The Bertz CT molecular complexity index is 461. The maximum Gasteiger partial charge on any atom is 0.0537 e. The molecule has 2 aromatic rings. The van der Waals surface area contributed by atoms with E-state index in [0.717, 1.165) is 19.4 Å². The Morgan fingerprint density at radius 2 is 2.37 bits per heavy atom. The Balaban J connectivity index is 1.84. The van der Waals surface area contributed by atoms with E-state index in [1.165, 1.54) is 23.3 Å². The lowest BCUT2D eigenvalue weighted by Gasteiger charge is -2.13. The molecule has 3 nitrogen and oxygen atoms in total. The maximum absolute atomic E-state index is 4.41. The van der Waals surface area contributed by atoms with Crippen molar-refractivity contribution in [3.05, 3.63) is 40.3 Å². The molecule has 2 heterocycles. The molecule has 0 aliphatic heterocycles. The molecule has 19 heavy (non-hydrogen) atoms. The quantitative estimate of drug-likeness (QED) is 0.798. The summed E-state index contributed by atoms with van der Waals surface area (Å²) in [6.45, 7) is 3.18. The number of aromatic nitrogens is 2. The molecule has 0 bridgehead atoms. The van der Waals surface area contributed by atoms with Crippen molar-refractivity contribution in [1.29, 1.82) is 0 Å². The molecule has 0 fully saturated rings. The highest BCUT2D eigenvalue weighted by Gasteiger charge is 2.11. The minimum Gasteiger partial charge on any atom is -0.313 e. The molecule has 0 saturated heterocycles. The standard InChI is InChI=1S/C15H23N3S/c1-3-9-18-12-13(11-17-18)15(16-2)8-4-6-14-7-5-10-19-14/h5,7,10-12,15-16H,3-4,6,8-9H2,1-2H3. The molecule has 0 saturated carbocycles. The van der Waals surface area contributed by atoms with Gasteiger partial charge < -0.3 is 5.32 Å². The molecule has 0 aliphatic rings. The van der Waals surface area contributed by atoms with Crippen LogP contribution in [0.5, 0.6) is 0 Å². The molecule has 2 aromatic heterocycles. The SMILES string of the molecule is CCCn1cc(C(CCCc2cccs2)NC)cn1. The minimum absolute atomic E-state index is 0.422. The lowest BCUT2D eigenvalue weighted by molar-refractivity contribution is 0.526. The van der Waals surface area contributed by atoms with Gasteiger partial charge in [-0.25, -0.2) is 0 Å². The van der Waals surface area contributed by atoms with E-state index < -0.39 is 0 Å². The first-order chi connectivity index (χ1) is 9.33. The van der Waals surface area contributed by atoms with Gasteiger partial charge in [0.2, 0.25) is 0 Å². The van der Waals surface area contributed by atoms with Gasteiger partial charge in [0.1, 0.15) is 0 Å². The van der Waals surface area contributed by atoms with E-state index in [1.54, 1.807) is 0 Å². The van der Waals surface area contributed by atoms with Gasteiger partial charge in [-0.2, -0.15) is 5.10 Å². The van der Waals surface area contributed by atoms with Crippen LogP contribution in [0.2, 0.25) is 0 Å². The summed E-state index contributed by atoms with van der Waals surface area (Å²) in [6, 6.07) is 4.77. The van der Waals surface area contributed by atoms with Gasteiger partial charge in [0, 0.05) is 29.2 Å². The van der Waals surface area contributed by atoms with Crippen LogP contribution in [0.1, 0.15) is 42.7 Å². The summed E-state index contributed by atoms with van der Waals surface area (Å²) in [5.41, 5.74) is 1.31. The smallest absolute Gasteiger partial charge is 0.0537 e. The normalized spacial score (nSPS) is 12.7. The zero-order valence-electron chi connectivity index (χ0n) is 11.8. The first-order valence-corrected chi connectivity index (χ1v) is 7.93. The number of rotatable bonds is 8. The number of hydrogen-bond acceptors (Lipinski definition) is 3. The van der Waals surface area contributed by atoms with Crippen molar-refractivity contribution in [2.45, 2.75) is 45.2 Å². The topological polar surface area (TPSA) is 29.9 Å². The third kappa shape index (κ3) is 4.18. The largest absolute Gasteiger partial charge is 0.313 e. The molecular weight excluding hydrogens is 254 g/mol. The van der Waals surface area contributed by atoms with Crippen LogP contribution in [0.15, 0.2) is 29.9 Å². The number of hydrogen-bond donors (Lipinski definition) is 1. The third-order valence-corrected chi connectivity index (χ3v) is 4.29. The second kappa shape index (κ2) is 7.46. The fourth-order valence-corrected chi connectivity index (χ4v) is 3.08. The van der Waals surface area contributed by atoms with Gasteiger partial charge in [-0.15, -0.1) is 11.3 Å². The van der Waals surface area contributed by atoms with Crippen LogP contribution in [0.4, 0.5) is 0 Å². The summed E-state index contributed by atoms with van der Waals surface area (Å²) < 4.78 is 2.04. The first-order valence-electron chi connectivity index (χ1n) is 7.05. The van der Waals surface area contributed by atoms with E-state index in [-0.39, 0.29) is 0 Å².